The molecule has 2 rings (SSSR count). The number of aryl methyl sites for hydroxylation is 1. The van der Waals surface area contributed by atoms with Gasteiger partial charge < -0.3 is 15.0 Å². The van der Waals surface area contributed by atoms with E-state index in [2.05, 4.69) is 10.2 Å². The third-order valence-electron chi connectivity index (χ3n) is 4.35. The molecular formula is C17H27N3O4S. The minimum atomic E-state index is -3.59. The fourth-order valence-electron chi connectivity index (χ4n) is 2.78. The van der Waals surface area contributed by atoms with E-state index in [0.29, 0.717) is 38.3 Å². The minimum Gasteiger partial charge on any atom is -0.383 e. The van der Waals surface area contributed by atoms with E-state index in [1.54, 1.807) is 26.2 Å². The molecule has 8 heteroatoms. The molecule has 1 fully saturated rings. The average Bonchev–Trinajstić information content (AvgIpc) is 2.55. The number of hydrogen-bond acceptors (Lipinski definition) is 5. The van der Waals surface area contributed by atoms with Gasteiger partial charge in [-0.2, -0.15) is 4.31 Å². The molecule has 0 aromatic heterocycles. The fraction of sp³-hybridized carbons (Fsp3) is 0.588. The Morgan fingerprint density at radius 3 is 2.52 bits per heavy atom. The summed E-state index contributed by atoms with van der Waals surface area (Å²) in [6, 6.07) is 4.56. The van der Waals surface area contributed by atoms with Gasteiger partial charge in [-0.25, -0.2) is 8.42 Å². The minimum absolute atomic E-state index is 0.158. The summed E-state index contributed by atoms with van der Waals surface area (Å²) in [5, 5.41) is 2.82. The Kier molecular flexibility index (Phi) is 6.56. The van der Waals surface area contributed by atoms with Crippen molar-refractivity contribution in [1.82, 2.24) is 14.5 Å². The number of piperazine rings is 1. The first-order chi connectivity index (χ1) is 11.8. The van der Waals surface area contributed by atoms with E-state index in [4.69, 9.17) is 4.74 Å². The topological polar surface area (TPSA) is 78.9 Å². The van der Waals surface area contributed by atoms with Crippen molar-refractivity contribution in [2.24, 2.45) is 0 Å². The molecule has 1 aliphatic heterocycles. The van der Waals surface area contributed by atoms with Crippen molar-refractivity contribution in [3.05, 3.63) is 29.3 Å². The number of amides is 1. The molecule has 0 bridgehead atoms. The normalized spacial score (nSPS) is 18.1. The van der Waals surface area contributed by atoms with Crippen molar-refractivity contribution in [2.75, 3.05) is 46.9 Å². The Bertz CT molecular complexity index is 713. The van der Waals surface area contributed by atoms with Gasteiger partial charge in [-0.15, -0.1) is 0 Å². The number of rotatable bonds is 6. The van der Waals surface area contributed by atoms with Crippen LogP contribution in [0.3, 0.4) is 0 Å². The lowest BCUT2D eigenvalue weighted by Gasteiger charge is -2.31. The Morgan fingerprint density at radius 2 is 1.92 bits per heavy atom. The third-order valence-corrected chi connectivity index (χ3v) is 6.24. The first-order valence-corrected chi connectivity index (χ1v) is 9.79. The number of methoxy groups -OCH3 is 1. The van der Waals surface area contributed by atoms with Gasteiger partial charge in [0.25, 0.3) is 5.91 Å². The van der Waals surface area contributed by atoms with Crippen LogP contribution in [0.1, 0.15) is 22.8 Å². The van der Waals surface area contributed by atoms with Gasteiger partial charge in [0.05, 0.1) is 11.5 Å². The van der Waals surface area contributed by atoms with Crippen LogP contribution in [0, 0.1) is 6.92 Å². The summed E-state index contributed by atoms with van der Waals surface area (Å²) < 4.78 is 32.2. The van der Waals surface area contributed by atoms with Crippen molar-refractivity contribution in [2.45, 2.75) is 24.8 Å². The van der Waals surface area contributed by atoms with E-state index >= 15 is 0 Å². The maximum Gasteiger partial charge on any atom is 0.251 e. The highest BCUT2D eigenvalue weighted by Gasteiger charge is 2.28. The standard InChI is InChI=1S/C17H27N3O4S/c1-13-5-6-15(11-16(13)17(21)18-14(2)12-24-4)25(22,23)20-9-7-19(3)8-10-20/h5-6,11,14H,7-10,12H2,1-4H3,(H,18,21). The molecule has 1 atom stereocenters. The predicted octanol–water partition coefficient (Wildman–Crippen LogP) is 0.696. The fourth-order valence-corrected chi connectivity index (χ4v) is 4.23. The zero-order valence-electron chi connectivity index (χ0n) is 15.3. The molecule has 1 aliphatic rings. The Labute approximate surface area is 150 Å². The molecule has 1 aromatic rings. The van der Waals surface area contributed by atoms with Crippen molar-refractivity contribution >= 4 is 15.9 Å². The second-order valence-corrected chi connectivity index (χ2v) is 8.45. The maximum atomic E-state index is 12.9. The molecule has 0 spiro atoms. The van der Waals surface area contributed by atoms with Gasteiger partial charge in [0.15, 0.2) is 0 Å². The lowest BCUT2D eigenvalue weighted by Crippen LogP contribution is -2.47. The number of benzene rings is 1. The first-order valence-electron chi connectivity index (χ1n) is 8.35. The van der Waals surface area contributed by atoms with Crippen molar-refractivity contribution in [3.63, 3.8) is 0 Å². The van der Waals surface area contributed by atoms with Crippen LogP contribution >= 0.6 is 0 Å². The largest absolute Gasteiger partial charge is 0.383 e. The zero-order chi connectivity index (χ0) is 18.6. The molecule has 1 aromatic carbocycles. The number of sulfonamides is 1. The summed E-state index contributed by atoms with van der Waals surface area (Å²) in [5.41, 5.74) is 1.11. The van der Waals surface area contributed by atoms with E-state index in [9.17, 15) is 13.2 Å². The summed E-state index contributed by atoms with van der Waals surface area (Å²) in [6.07, 6.45) is 0. The quantitative estimate of drug-likeness (QED) is 0.798. The van der Waals surface area contributed by atoms with Gasteiger partial charge in [0, 0.05) is 44.9 Å². The van der Waals surface area contributed by atoms with Crippen LogP contribution in [0.5, 0.6) is 0 Å². The summed E-state index contributed by atoms with van der Waals surface area (Å²) in [6.45, 7) is 6.34. The molecule has 7 nitrogen and oxygen atoms in total. The molecule has 1 N–H and O–H groups in total. The van der Waals surface area contributed by atoms with Gasteiger partial charge in [0.2, 0.25) is 10.0 Å². The van der Waals surface area contributed by atoms with Crippen LogP contribution in [0.15, 0.2) is 23.1 Å². The molecule has 140 valence electrons. The van der Waals surface area contributed by atoms with Crippen LogP contribution in [0.25, 0.3) is 0 Å². The van der Waals surface area contributed by atoms with Crippen molar-refractivity contribution in [1.29, 1.82) is 0 Å². The summed E-state index contributed by atoms with van der Waals surface area (Å²) in [4.78, 5) is 14.7. The third kappa shape index (κ3) is 4.78. The average molecular weight is 369 g/mol. The SMILES string of the molecule is COCC(C)NC(=O)c1cc(S(=O)(=O)N2CCN(C)CC2)ccc1C. The monoisotopic (exact) mass is 369 g/mol. The van der Waals surface area contributed by atoms with Crippen LogP contribution in [-0.4, -0.2) is 76.5 Å². The molecular weight excluding hydrogens is 342 g/mol. The highest BCUT2D eigenvalue weighted by Crippen LogP contribution is 2.21. The molecule has 0 aliphatic carbocycles. The predicted molar refractivity (Wildman–Crippen MR) is 96.2 cm³/mol. The number of ether oxygens (including phenoxy) is 1. The summed E-state index contributed by atoms with van der Waals surface area (Å²) >= 11 is 0. The number of nitrogens with one attached hydrogen (secondary N) is 1. The highest BCUT2D eigenvalue weighted by molar-refractivity contribution is 7.89. The second-order valence-electron chi connectivity index (χ2n) is 6.51. The van der Waals surface area contributed by atoms with Gasteiger partial charge in [-0.3, -0.25) is 4.79 Å². The van der Waals surface area contributed by atoms with Crippen LogP contribution in [-0.2, 0) is 14.8 Å². The Hall–Kier alpha value is -1.48. The van der Waals surface area contributed by atoms with Crippen LogP contribution in [0.2, 0.25) is 0 Å². The molecule has 1 heterocycles. The molecule has 1 amide bonds. The zero-order valence-corrected chi connectivity index (χ0v) is 16.1. The molecule has 0 saturated carbocycles. The maximum absolute atomic E-state index is 12.9. The van der Waals surface area contributed by atoms with Crippen molar-refractivity contribution in [3.8, 4) is 0 Å². The van der Waals surface area contributed by atoms with Gasteiger partial charge in [-0.05, 0) is 38.6 Å². The van der Waals surface area contributed by atoms with E-state index in [1.165, 1.54) is 10.4 Å². The second kappa shape index (κ2) is 8.27. The number of carbonyl (C=O) groups is 1. The molecule has 1 saturated heterocycles. The summed E-state index contributed by atoms with van der Waals surface area (Å²) in [5.74, 6) is -0.294. The van der Waals surface area contributed by atoms with E-state index < -0.39 is 10.0 Å². The van der Waals surface area contributed by atoms with Gasteiger partial charge in [-0.1, -0.05) is 6.07 Å². The summed E-state index contributed by atoms with van der Waals surface area (Å²) in [7, 11) is -0.0567. The number of nitrogens with zero attached hydrogens (tertiary/aromatic N) is 2. The van der Waals surface area contributed by atoms with Crippen molar-refractivity contribution < 1.29 is 17.9 Å². The van der Waals surface area contributed by atoms with Gasteiger partial charge >= 0.3 is 0 Å². The smallest absolute Gasteiger partial charge is 0.251 e. The van der Waals surface area contributed by atoms with E-state index in [1.807, 2.05) is 14.0 Å². The number of hydrogen-bond donors (Lipinski definition) is 1. The number of likely N-dealkylation sites (N-methyl/N-ethyl adjacent to an activating group) is 1. The van der Waals surface area contributed by atoms with E-state index in [-0.39, 0.29) is 16.8 Å². The van der Waals surface area contributed by atoms with E-state index in [0.717, 1.165) is 5.56 Å². The lowest BCUT2D eigenvalue weighted by atomic mass is 10.1. The molecule has 25 heavy (non-hydrogen) atoms. The van der Waals surface area contributed by atoms with Gasteiger partial charge in [0.1, 0.15) is 0 Å². The highest BCUT2D eigenvalue weighted by atomic mass is 32.2. The van der Waals surface area contributed by atoms with Crippen LogP contribution < -0.4 is 5.32 Å². The Balaban J connectivity index is 2.24. The molecule has 0 radical (unpaired) electrons. The van der Waals surface area contributed by atoms with Crippen LogP contribution in [0.4, 0.5) is 0 Å². The Morgan fingerprint density at radius 1 is 1.28 bits per heavy atom. The number of carbonyl (C=O) groups excluding carboxylic acids is 1. The molecule has 1 unspecified atom stereocenters. The first kappa shape index (κ1) is 19.8. The lowest BCUT2D eigenvalue weighted by molar-refractivity contribution is 0.0904.